The van der Waals surface area contributed by atoms with Crippen molar-refractivity contribution in [1.82, 2.24) is 4.98 Å². The largest absolute Gasteiger partial charge is 0.395 e. The van der Waals surface area contributed by atoms with Gasteiger partial charge in [-0.2, -0.15) is 0 Å². The van der Waals surface area contributed by atoms with Crippen LogP contribution in [-0.2, 0) is 6.54 Å². The lowest BCUT2D eigenvalue weighted by Crippen LogP contribution is -2.26. The summed E-state index contributed by atoms with van der Waals surface area (Å²) >= 11 is 5.01. The number of anilines is 1. The fourth-order valence-electron chi connectivity index (χ4n) is 1.58. The Kier molecular flexibility index (Phi) is 4.53. The molecule has 1 heterocycles. The Labute approximate surface area is 113 Å². The molecule has 1 aromatic carbocycles. The first-order chi connectivity index (χ1) is 8.29. The van der Waals surface area contributed by atoms with Crippen molar-refractivity contribution in [3.63, 3.8) is 0 Å². The molecule has 0 spiro atoms. The highest BCUT2D eigenvalue weighted by molar-refractivity contribution is 9.10. The van der Waals surface area contributed by atoms with Crippen LogP contribution in [0.2, 0.25) is 0 Å². The lowest BCUT2D eigenvalue weighted by molar-refractivity contribution is 0.301. The molecule has 90 valence electrons. The summed E-state index contributed by atoms with van der Waals surface area (Å²) in [5.41, 5.74) is 3.95. The van der Waals surface area contributed by atoms with E-state index in [-0.39, 0.29) is 6.61 Å². The quantitative estimate of drug-likeness (QED) is 0.922. The molecule has 0 saturated heterocycles. The number of hydrogen-bond donors (Lipinski definition) is 1. The second-order valence-corrected chi connectivity index (χ2v) is 5.24. The summed E-state index contributed by atoms with van der Waals surface area (Å²) in [4.78, 5) is 6.38. The van der Waals surface area contributed by atoms with Crippen LogP contribution in [0.25, 0.3) is 0 Å². The molecule has 2 rings (SSSR count). The van der Waals surface area contributed by atoms with Crippen LogP contribution in [0.3, 0.4) is 0 Å². The minimum absolute atomic E-state index is 0.139. The zero-order chi connectivity index (χ0) is 12.1. The molecule has 2 aromatic rings. The Bertz CT molecular complexity index is 444. The van der Waals surface area contributed by atoms with E-state index < -0.39 is 0 Å². The molecule has 5 heteroatoms. The number of rotatable bonds is 5. The lowest BCUT2D eigenvalue weighted by atomic mass is 10.2. The number of thiazole rings is 1. The predicted octanol–water partition coefficient (Wildman–Crippen LogP) is 2.90. The zero-order valence-electron chi connectivity index (χ0n) is 9.21. The van der Waals surface area contributed by atoms with Gasteiger partial charge in [0.05, 0.1) is 24.4 Å². The number of aromatic nitrogens is 1. The smallest absolute Gasteiger partial charge is 0.0795 e. The van der Waals surface area contributed by atoms with Gasteiger partial charge in [0.2, 0.25) is 0 Å². The first-order valence-corrected chi connectivity index (χ1v) is 7.01. The molecule has 1 aromatic heterocycles. The van der Waals surface area contributed by atoms with E-state index in [4.69, 9.17) is 5.11 Å². The number of nitrogens with zero attached hydrogens (tertiary/aromatic N) is 2. The summed E-state index contributed by atoms with van der Waals surface area (Å²) < 4.78 is 1.05. The highest BCUT2D eigenvalue weighted by Crippen LogP contribution is 2.20. The van der Waals surface area contributed by atoms with Gasteiger partial charge in [-0.25, -0.2) is 4.98 Å². The summed E-state index contributed by atoms with van der Waals surface area (Å²) in [6.07, 6.45) is 0. The van der Waals surface area contributed by atoms with Gasteiger partial charge in [0.15, 0.2) is 0 Å². The summed E-state index contributed by atoms with van der Waals surface area (Å²) in [6.45, 7) is 1.48. The predicted molar refractivity (Wildman–Crippen MR) is 74.4 cm³/mol. The molecule has 0 saturated carbocycles. The van der Waals surface area contributed by atoms with Gasteiger partial charge >= 0.3 is 0 Å². The molecule has 0 aliphatic heterocycles. The summed E-state index contributed by atoms with van der Waals surface area (Å²) in [6, 6.07) is 8.07. The van der Waals surface area contributed by atoms with Crippen molar-refractivity contribution >= 4 is 33.0 Å². The summed E-state index contributed by atoms with van der Waals surface area (Å²) in [7, 11) is 0. The van der Waals surface area contributed by atoms with E-state index in [1.807, 2.05) is 35.2 Å². The molecule has 0 fully saturated rings. The molecule has 0 aliphatic carbocycles. The Balaban J connectivity index is 2.13. The normalized spacial score (nSPS) is 10.5. The third-order valence-corrected chi connectivity index (χ3v) is 3.56. The minimum Gasteiger partial charge on any atom is -0.395 e. The van der Waals surface area contributed by atoms with Gasteiger partial charge in [-0.15, -0.1) is 11.3 Å². The van der Waals surface area contributed by atoms with Crippen molar-refractivity contribution in [1.29, 1.82) is 0 Å². The van der Waals surface area contributed by atoms with Crippen molar-refractivity contribution < 1.29 is 5.11 Å². The number of aliphatic hydroxyl groups excluding tert-OH is 1. The third kappa shape index (κ3) is 3.52. The second kappa shape index (κ2) is 6.14. The highest BCUT2D eigenvalue weighted by Gasteiger charge is 2.07. The summed E-state index contributed by atoms with van der Waals surface area (Å²) in [5.74, 6) is 0. The monoisotopic (exact) mass is 312 g/mol. The molecule has 1 N–H and O–H groups in total. The van der Waals surface area contributed by atoms with Crippen LogP contribution in [0.15, 0.2) is 39.6 Å². The minimum atomic E-state index is 0.139. The van der Waals surface area contributed by atoms with Gasteiger partial charge in [-0.05, 0) is 24.3 Å². The number of halogens is 1. The molecule has 0 radical (unpaired) electrons. The molecule has 0 unspecified atom stereocenters. The average Bonchev–Trinajstić information content (AvgIpc) is 2.82. The van der Waals surface area contributed by atoms with Gasteiger partial charge in [0.1, 0.15) is 0 Å². The molecule has 3 nitrogen and oxygen atoms in total. The highest BCUT2D eigenvalue weighted by atomic mass is 79.9. The van der Waals surface area contributed by atoms with E-state index in [2.05, 4.69) is 25.8 Å². The first-order valence-electron chi connectivity index (χ1n) is 5.28. The van der Waals surface area contributed by atoms with E-state index in [9.17, 15) is 0 Å². The number of aliphatic hydroxyl groups is 1. The van der Waals surface area contributed by atoms with Crippen LogP contribution in [0.1, 0.15) is 5.69 Å². The average molecular weight is 313 g/mol. The number of hydrogen-bond acceptors (Lipinski definition) is 4. The Hall–Kier alpha value is -0.910. The fourth-order valence-corrected chi connectivity index (χ4v) is 2.40. The Morgan fingerprint density at radius 1 is 1.29 bits per heavy atom. The van der Waals surface area contributed by atoms with Gasteiger partial charge in [0, 0.05) is 22.1 Å². The van der Waals surface area contributed by atoms with Crippen molar-refractivity contribution in [3.05, 3.63) is 45.3 Å². The summed E-state index contributed by atoms with van der Waals surface area (Å²) in [5, 5.41) is 11.1. The van der Waals surface area contributed by atoms with Gasteiger partial charge in [0.25, 0.3) is 0 Å². The Morgan fingerprint density at radius 2 is 2.06 bits per heavy atom. The van der Waals surface area contributed by atoms with Gasteiger partial charge < -0.3 is 10.0 Å². The van der Waals surface area contributed by atoms with E-state index in [0.29, 0.717) is 6.54 Å². The number of benzene rings is 1. The van der Waals surface area contributed by atoms with Crippen LogP contribution in [-0.4, -0.2) is 23.2 Å². The molecule has 0 amide bonds. The zero-order valence-corrected chi connectivity index (χ0v) is 11.6. The van der Waals surface area contributed by atoms with Crippen LogP contribution in [0.5, 0.6) is 0 Å². The van der Waals surface area contributed by atoms with Crippen LogP contribution < -0.4 is 4.90 Å². The maximum atomic E-state index is 9.11. The molecule has 0 aliphatic rings. The maximum Gasteiger partial charge on any atom is 0.0795 e. The molecular weight excluding hydrogens is 300 g/mol. The van der Waals surface area contributed by atoms with Crippen LogP contribution in [0, 0.1) is 0 Å². The van der Waals surface area contributed by atoms with Crippen molar-refractivity contribution in [3.8, 4) is 0 Å². The second-order valence-electron chi connectivity index (χ2n) is 3.60. The molecular formula is C12H13BrN2OS. The topological polar surface area (TPSA) is 36.4 Å². The van der Waals surface area contributed by atoms with Crippen LogP contribution in [0.4, 0.5) is 5.69 Å². The first kappa shape index (κ1) is 12.5. The van der Waals surface area contributed by atoms with E-state index in [1.165, 1.54) is 0 Å². The van der Waals surface area contributed by atoms with Crippen molar-refractivity contribution in [2.75, 3.05) is 18.1 Å². The standard InChI is InChI=1S/C12H13BrN2OS/c13-10-1-3-12(4-2-10)15(5-6-16)7-11-8-17-9-14-11/h1-4,8-9,16H,5-7H2. The van der Waals surface area contributed by atoms with Gasteiger partial charge in [-0.1, -0.05) is 15.9 Å². The van der Waals surface area contributed by atoms with E-state index in [0.717, 1.165) is 22.4 Å². The van der Waals surface area contributed by atoms with Crippen molar-refractivity contribution in [2.24, 2.45) is 0 Å². The van der Waals surface area contributed by atoms with Gasteiger partial charge in [-0.3, -0.25) is 0 Å². The molecule has 0 bridgehead atoms. The molecule has 0 atom stereocenters. The third-order valence-electron chi connectivity index (χ3n) is 2.40. The van der Waals surface area contributed by atoms with Crippen LogP contribution >= 0.6 is 27.3 Å². The van der Waals surface area contributed by atoms with E-state index >= 15 is 0 Å². The van der Waals surface area contributed by atoms with E-state index in [1.54, 1.807) is 11.3 Å². The van der Waals surface area contributed by atoms with Crippen molar-refractivity contribution in [2.45, 2.75) is 6.54 Å². The Morgan fingerprint density at radius 3 is 2.65 bits per heavy atom. The maximum absolute atomic E-state index is 9.11. The SMILES string of the molecule is OCCN(Cc1cscn1)c1ccc(Br)cc1. The fraction of sp³-hybridized carbons (Fsp3) is 0.250. The lowest BCUT2D eigenvalue weighted by Gasteiger charge is -2.23. The molecule has 17 heavy (non-hydrogen) atoms.